The largest absolute Gasteiger partial charge is 0.455 e. The van der Waals surface area contributed by atoms with Crippen LogP contribution in [0.1, 0.15) is 35.1 Å². The first-order valence-electron chi connectivity index (χ1n) is 7.31. The van der Waals surface area contributed by atoms with Gasteiger partial charge in [0.05, 0.1) is 5.02 Å². The number of benzene rings is 2. The van der Waals surface area contributed by atoms with Crippen LogP contribution in [0.5, 0.6) is 11.5 Å². The molecule has 0 spiro atoms. The molecule has 0 bridgehead atoms. The summed E-state index contributed by atoms with van der Waals surface area (Å²) in [5.74, 6) is 1.65. The van der Waals surface area contributed by atoms with Gasteiger partial charge in [-0.15, -0.1) is 0 Å². The fourth-order valence-electron chi connectivity index (χ4n) is 2.87. The monoisotopic (exact) mass is 320 g/mol. The standard InChI is InChI=1S/C18H18Cl2O/c1-11-7-8-12(2)18(17(11)20)21-16-10-9-15(19)13-5-3-4-6-14(13)16/h7-10H,3-6H2,1-2H3. The van der Waals surface area contributed by atoms with E-state index < -0.39 is 0 Å². The Hall–Kier alpha value is -1.18. The molecule has 1 nitrogen and oxygen atoms in total. The summed E-state index contributed by atoms with van der Waals surface area (Å²) in [7, 11) is 0. The van der Waals surface area contributed by atoms with Gasteiger partial charge in [-0.1, -0.05) is 35.3 Å². The first kappa shape index (κ1) is 14.7. The maximum absolute atomic E-state index is 6.41. The first-order valence-corrected chi connectivity index (χ1v) is 8.07. The van der Waals surface area contributed by atoms with Gasteiger partial charge < -0.3 is 4.74 Å². The smallest absolute Gasteiger partial charge is 0.149 e. The van der Waals surface area contributed by atoms with Crippen LogP contribution in [0, 0.1) is 13.8 Å². The Labute approximate surface area is 135 Å². The van der Waals surface area contributed by atoms with Crippen molar-refractivity contribution >= 4 is 23.2 Å². The van der Waals surface area contributed by atoms with E-state index in [4.69, 9.17) is 27.9 Å². The molecular weight excluding hydrogens is 303 g/mol. The Morgan fingerprint density at radius 2 is 1.52 bits per heavy atom. The molecule has 21 heavy (non-hydrogen) atoms. The van der Waals surface area contributed by atoms with E-state index in [1.54, 1.807) is 0 Å². The second-order valence-corrected chi connectivity index (χ2v) is 6.44. The maximum Gasteiger partial charge on any atom is 0.149 e. The number of fused-ring (bicyclic) bond motifs is 1. The van der Waals surface area contributed by atoms with Crippen LogP contribution < -0.4 is 4.74 Å². The van der Waals surface area contributed by atoms with Crippen LogP contribution >= 0.6 is 23.2 Å². The molecule has 1 aliphatic carbocycles. The molecule has 0 saturated carbocycles. The van der Waals surface area contributed by atoms with Crippen molar-refractivity contribution in [1.29, 1.82) is 0 Å². The molecule has 2 aromatic rings. The normalized spacial score (nSPS) is 13.9. The minimum absolute atomic E-state index is 0.689. The molecule has 2 aromatic carbocycles. The fraction of sp³-hybridized carbons (Fsp3) is 0.333. The summed E-state index contributed by atoms with van der Waals surface area (Å²) in [6.45, 7) is 4.01. The van der Waals surface area contributed by atoms with Gasteiger partial charge in [0, 0.05) is 5.02 Å². The van der Waals surface area contributed by atoms with Gasteiger partial charge in [0.2, 0.25) is 0 Å². The van der Waals surface area contributed by atoms with Gasteiger partial charge in [-0.25, -0.2) is 0 Å². The second-order valence-electron chi connectivity index (χ2n) is 5.65. The summed E-state index contributed by atoms with van der Waals surface area (Å²) in [5, 5.41) is 1.54. The topological polar surface area (TPSA) is 9.23 Å². The predicted molar refractivity (Wildman–Crippen MR) is 89.1 cm³/mol. The van der Waals surface area contributed by atoms with E-state index in [0.29, 0.717) is 5.02 Å². The Morgan fingerprint density at radius 1 is 0.857 bits per heavy atom. The highest BCUT2D eigenvalue weighted by molar-refractivity contribution is 6.33. The van der Waals surface area contributed by atoms with Gasteiger partial charge in [-0.2, -0.15) is 0 Å². The summed E-state index contributed by atoms with van der Waals surface area (Å²) in [6, 6.07) is 7.95. The number of aryl methyl sites for hydroxylation is 2. The minimum Gasteiger partial charge on any atom is -0.455 e. The van der Waals surface area contributed by atoms with E-state index in [-0.39, 0.29) is 0 Å². The van der Waals surface area contributed by atoms with E-state index in [1.165, 1.54) is 24.0 Å². The molecule has 110 valence electrons. The fourth-order valence-corrected chi connectivity index (χ4v) is 3.39. The van der Waals surface area contributed by atoms with Crippen molar-refractivity contribution in [2.45, 2.75) is 39.5 Å². The van der Waals surface area contributed by atoms with Crippen molar-refractivity contribution in [3.8, 4) is 11.5 Å². The number of hydrogen-bond donors (Lipinski definition) is 0. The van der Waals surface area contributed by atoms with Crippen LogP contribution in [0.4, 0.5) is 0 Å². The molecule has 0 aliphatic heterocycles. The molecular formula is C18H18Cl2O. The van der Waals surface area contributed by atoms with Gasteiger partial charge >= 0.3 is 0 Å². The Bertz CT molecular complexity index is 692. The SMILES string of the molecule is Cc1ccc(C)c(Oc2ccc(Cl)c3c2CCCC3)c1Cl. The van der Waals surface area contributed by atoms with Crippen LogP contribution in [0.3, 0.4) is 0 Å². The van der Waals surface area contributed by atoms with Crippen molar-refractivity contribution in [2.75, 3.05) is 0 Å². The van der Waals surface area contributed by atoms with Crippen molar-refractivity contribution < 1.29 is 4.74 Å². The maximum atomic E-state index is 6.41. The average Bonchev–Trinajstić information content (AvgIpc) is 2.50. The van der Waals surface area contributed by atoms with Crippen molar-refractivity contribution in [3.63, 3.8) is 0 Å². The zero-order chi connectivity index (χ0) is 15.0. The highest BCUT2D eigenvalue weighted by Gasteiger charge is 2.19. The Morgan fingerprint density at radius 3 is 2.29 bits per heavy atom. The molecule has 0 N–H and O–H groups in total. The van der Waals surface area contributed by atoms with Crippen molar-refractivity contribution in [1.82, 2.24) is 0 Å². The lowest BCUT2D eigenvalue weighted by Gasteiger charge is -2.21. The van der Waals surface area contributed by atoms with Crippen molar-refractivity contribution in [2.24, 2.45) is 0 Å². The van der Waals surface area contributed by atoms with E-state index >= 15 is 0 Å². The third-order valence-electron chi connectivity index (χ3n) is 4.13. The summed E-state index contributed by atoms with van der Waals surface area (Å²) in [5.41, 5.74) is 4.55. The van der Waals surface area contributed by atoms with Gasteiger partial charge in [-0.3, -0.25) is 0 Å². The van der Waals surface area contributed by atoms with Crippen LogP contribution in [0.15, 0.2) is 24.3 Å². The molecule has 0 unspecified atom stereocenters. The molecule has 0 radical (unpaired) electrons. The number of ether oxygens (including phenoxy) is 1. The zero-order valence-corrected chi connectivity index (χ0v) is 13.8. The van der Waals surface area contributed by atoms with E-state index in [0.717, 1.165) is 40.5 Å². The minimum atomic E-state index is 0.689. The molecule has 0 heterocycles. The van der Waals surface area contributed by atoms with Crippen molar-refractivity contribution in [3.05, 3.63) is 56.6 Å². The second kappa shape index (κ2) is 5.90. The van der Waals surface area contributed by atoms with Gasteiger partial charge in [0.25, 0.3) is 0 Å². The Balaban J connectivity index is 2.05. The third kappa shape index (κ3) is 2.77. The summed E-state index contributed by atoms with van der Waals surface area (Å²) < 4.78 is 6.18. The number of halogens is 2. The lowest BCUT2D eigenvalue weighted by Crippen LogP contribution is -2.05. The summed E-state index contributed by atoms with van der Waals surface area (Å²) in [6.07, 6.45) is 4.43. The molecule has 1 aliphatic rings. The number of hydrogen-bond acceptors (Lipinski definition) is 1. The predicted octanol–water partition coefficient (Wildman–Crippen LogP) is 6.28. The zero-order valence-electron chi connectivity index (χ0n) is 12.3. The molecule has 0 amide bonds. The van der Waals surface area contributed by atoms with Crippen LogP contribution in [-0.4, -0.2) is 0 Å². The molecule has 0 aromatic heterocycles. The van der Waals surface area contributed by atoms with E-state index in [1.807, 2.05) is 38.1 Å². The van der Waals surface area contributed by atoms with Crippen LogP contribution in [0.2, 0.25) is 10.0 Å². The molecule has 0 saturated heterocycles. The quantitative estimate of drug-likeness (QED) is 0.632. The molecule has 3 heteroatoms. The average molecular weight is 321 g/mol. The number of rotatable bonds is 2. The highest BCUT2D eigenvalue weighted by Crippen LogP contribution is 2.40. The van der Waals surface area contributed by atoms with E-state index in [2.05, 4.69) is 0 Å². The third-order valence-corrected chi connectivity index (χ3v) is 4.96. The lowest BCUT2D eigenvalue weighted by molar-refractivity contribution is 0.467. The first-order chi connectivity index (χ1) is 10.1. The van der Waals surface area contributed by atoms with Crippen LogP contribution in [-0.2, 0) is 12.8 Å². The molecule has 0 fully saturated rings. The summed E-state index contributed by atoms with van der Waals surface area (Å²) >= 11 is 12.7. The Kier molecular flexibility index (Phi) is 4.14. The van der Waals surface area contributed by atoms with Crippen LogP contribution in [0.25, 0.3) is 0 Å². The highest BCUT2D eigenvalue weighted by atomic mass is 35.5. The molecule has 0 atom stereocenters. The lowest BCUT2D eigenvalue weighted by atomic mass is 9.91. The van der Waals surface area contributed by atoms with E-state index in [9.17, 15) is 0 Å². The van der Waals surface area contributed by atoms with Gasteiger partial charge in [-0.05, 0) is 73.9 Å². The van der Waals surface area contributed by atoms with Gasteiger partial charge in [0.15, 0.2) is 0 Å². The van der Waals surface area contributed by atoms with Gasteiger partial charge in [0.1, 0.15) is 11.5 Å². The molecule has 3 rings (SSSR count). The summed E-state index contributed by atoms with van der Waals surface area (Å²) in [4.78, 5) is 0.